The number of alkyl halides is 1. The highest BCUT2D eigenvalue weighted by molar-refractivity contribution is 5.17. The van der Waals surface area contributed by atoms with Crippen LogP contribution in [0, 0.1) is 0 Å². The normalized spacial score (nSPS) is 24.1. The molecule has 1 heterocycles. The Bertz CT molecular complexity index is 304. The number of hydrogen-bond acceptors (Lipinski definition) is 0. The average molecular weight is 258 g/mol. The van der Waals surface area contributed by atoms with E-state index >= 15 is 0 Å². The predicted molar refractivity (Wildman–Crippen MR) is 64.3 cm³/mol. The molecule has 0 aliphatic carbocycles. The van der Waals surface area contributed by atoms with E-state index in [0.29, 0.717) is 12.5 Å². The molecule has 17 heavy (non-hydrogen) atoms. The highest BCUT2D eigenvalue weighted by Crippen LogP contribution is 2.18. The highest BCUT2D eigenvalue weighted by atomic mass is 35.5. The van der Waals surface area contributed by atoms with Crippen LogP contribution in [0.15, 0.2) is 30.3 Å². The molecule has 96 valence electrons. The largest absolute Gasteiger partial charge is 1.00 e. The maximum Gasteiger partial charge on any atom is 0.113 e. The molecule has 1 aromatic rings. The molecule has 2 unspecified atom stereocenters. The van der Waals surface area contributed by atoms with Gasteiger partial charge in [-0.3, -0.25) is 4.39 Å². The van der Waals surface area contributed by atoms with Crippen molar-refractivity contribution in [3.8, 4) is 0 Å². The van der Waals surface area contributed by atoms with Gasteiger partial charge in [0.2, 0.25) is 0 Å². The van der Waals surface area contributed by atoms with E-state index in [2.05, 4.69) is 30.3 Å². The predicted octanol–water partition coefficient (Wildman–Crippen LogP) is -0.840. The molecular weight excluding hydrogens is 237 g/mol. The number of nitrogens with one attached hydrogen (secondary N) is 1. The van der Waals surface area contributed by atoms with Crippen LogP contribution >= 0.6 is 0 Å². The summed E-state index contributed by atoms with van der Waals surface area (Å²) < 4.78 is 12.3. The molecule has 0 saturated carbocycles. The molecule has 3 heteroatoms. The van der Waals surface area contributed by atoms with Gasteiger partial charge in [-0.2, -0.15) is 0 Å². The van der Waals surface area contributed by atoms with Crippen LogP contribution in [0.3, 0.4) is 0 Å². The Balaban J connectivity index is 0.00000144. The molecular formula is C14H21ClFN. The molecule has 1 aromatic carbocycles. The number of likely N-dealkylation sites (tertiary alicyclic amines) is 1. The van der Waals surface area contributed by atoms with Crippen molar-refractivity contribution in [2.75, 3.05) is 19.8 Å². The number of benzene rings is 1. The number of hydrogen-bond donors (Lipinski definition) is 1. The SMILES string of the molecule is FCCC[NH+]1CCCCC1c1ccccc1.[Cl-]. The van der Waals surface area contributed by atoms with E-state index in [4.69, 9.17) is 0 Å². The molecule has 0 spiro atoms. The summed E-state index contributed by atoms with van der Waals surface area (Å²) in [6.07, 6.45) is 4.58. The summed E-state index contributed by atoms with van der Waals surface area (Å²) in [6, 6.07) is 11.3. The summed E-state index contributed by atoms with van der Waals surface area (Å²) in [4.78, 5) is 1.58. The zero-order valence-electron chi connectivity index (χ0n) is 10.2. The Morgan fingerprint density at radius 2 is 1.94 bits per heavy atom. The fraction of sp³-hybridized carbons (Fsp3) is 0.571. The molecule has 0 amide bonds. The first-order chi connectivity index (χ1) is 7.92. The second kappa shape index (κ2) is 7.67. The zero-order valence-corrected chi connectivity index (χ0v) is 10.9. The third kappa shape index (κ3) is 3.97. The van der Waals surface area contributed by atoms with Gasteiger partial charge < -0.3 is 17.3 Å². The van der Waals surface area contributed by atoms with Gasteiger partial charge in [0.25, 0.3) is 0 Å². The first-order valence-electron chi connectivity index (χ1n) is 6.37. The Morgan fingerprint density at radius 1 is 1.18 bits per heavy atom. The Hall–Kier alpha value is -0.600. The number of rotatable bonds is 4. The molecule has 2 rings (SSSR count). The van der Waals surface area contributed by atoms with Crippen LogP contribution in [0.1, 0.15) is 37.3 Å². The lowest BCUT2D eigenvalue weighted by molar-refractivity contribution is -0.937. The average Bonchev–Trinajstić information content (AvgIpc) is 2.38. The van der Waals surface area contributed by atoms with E-state index in [-0.39, 0.29) is 19.1 Å². The maximum absolute atomic E-state index is 12.3. The standard InChI is InChI=1S/C14H20FN.ClH/c15-10-6-12-16-11-5-4-9-14(16)13-7-2-1-3-8-13;/h1-3,7-8,14H,4-6,9-12H2;1H. The molecule has 0 bridgehead atoms. The van der Waals surface area contributed by atoms with Crippen LogP contribution < -0.4 is 17.3 Å². The highest BCUT2D eigenvalue weighted by Gasteiger charge is 2.26. The van der Waals surface area contributed by atoms with Gasteiger partial charge in [0.05, 0.1) is 19.8 Å². The van der Waals surface area contributed by atoms with Crippen molar-refractivity contribution in [2.24, 2.45) is 0 Å². The molecule has 1 aliphatic heterocycles. The summed E-state index contributed by atoms with van der Waals surface area (Å²) in [6.45, 7) is 2.01. The minimum absolute atomic E-state index is 0. The van der Waals surface area contributed by atoms with Gasteiger partial charge in [-0.25, -0.2) is 0 Å². The van der Waals surface area contributed by atoms with Crippen molar-refractivity contribution in [3.63, 3.8) is 0 Å². The van der Waals surface area contributed by atoms with Gasteiger partial charge in [0, 0.05) is 18.4 Å². The third-order valence-electron chi connectivity index (χ3n) is 3.57. The Labute approximate surface area is 109 Å². The van der Waals surface area contributed by atoms with Crippen LogP contribution in [0.2, 0.25) is 0 Å². The number of quaternary nitrogens is 1. The molecule has 1 N–H and O–H groups in total. The molecule has 1 fully saturated rings. The fourth-order valence-corrected chi connectivity index (χ4v) is 2.76. The smallest absolute Gasteiger partial charge is 0.113 e. The van der Waals surface area contributed by atoms with E-state index in [0.717, 1.165) is 6.54 Å². The lowest BCUT2D eigenvalue weighted by atomic mass is 9.95. The van der Waals surface area contributed by atoms with Gasteiger partial charge >= 0.3 is 0 Å². The van der Waals surface area contributed by atoms with Gasteiger partial charge in [0.1, 0.15) is 6.04 Å². The van der Waals surface area contributed by atoms with Crippen molar-refractivity contribution < 1.29 is 21.7 Å². The molecule has 0 radical (unpaired) electrons. The molecule has 0 aromatic heterocycles. The van der Waals surface area contributed by atoms with Gasteiger partial charge in [-0.1, -0.05) is 30.3 Å². The van der Waals surface area contributed by atoms with Crippen LogP contribution in [0.4, 0.5) is 4.39 Å². The van der Waals surface area contributed by atoms with Crippen LogP contribution in [-0.2, 0) is 0 Å². The van der Waals surface area contributed by atoms with E-state index in [9.17, 15) is 4.39 Å². The van der Waals surface area contributed by atoms with Crippen molar-refractivity contribution >= 4 is 0 Å². The van der Waals surface area contributed by atoms with Gasteiger partial charge in [0.15, 0.2) is 0 Å². The minimum atomic E-state index is -0.176. The second-order valence-corrected chi connectivity index (χ2v) is 4.66. The Kier molecular flexibility index (Phi) is 6.53. The molecule has 2 atom stereocenters. The maximum atomic E-state index is 12.3. The van der Waals surface area contributed by atoms with E-state index in [1.165, 1.54) is 31.4 Å². The quantitative estimate of drug-likeness (QED) is 0.718. The van der Waals surface area contributed by atoms with Crippen molar-refractivity contribution in [1.29, 1.82) is 0 Å². The third-order valence-corrected chi connectivity index (χ3v) is 3.57. The topological polar surface area (TPSA) is 4.44 Å². The van der Waals surface area contributed by atoms with Crippen molar-refractivity contribution in [3.05, 3.63) is 35.9 Å². The summed E-state index contributed by atoms with van der Waals surface area (Å²) in [5.74, 6) is 0. The number of piperidine rings is 1. The van der Waals surface area contributed by atoms with Crippen molar-refractivity contribution in [2.45, 2.75) is 31.7 Å². The first-order valence-corrected chi connectivity index (χ1v) is 6.37. The minimum Gasteiger partial charge on any atom is -1.00 e. The van der Waals surface area contributed by atoms with Gasteiger partial charge in [-0.15, -0.1) is 0 Å². The summed E-state index contributed by atoms with van der Waals surface area (Å²) in [5.41, 5.74) is 1.43. The van der Waals surface area contributed by atoms with Crippen LogP contribution in [0.25, 0.3) is 0 Å². The summed E-state index contributed by atoms with van der Waals surface area (Å²) >= 11 is 0. The van der Waals surface area contributed by atoms with E-state index < -0.39 is 0 Å². The van der Waals surface area contributed by atoms with E-state index in [1.54, 1.807) is 4.90 Å². The first kappa shape index (κ1) is 14.5. The number of halogens is 2. The van der Waals surface area contributed by atoms with Crippen molar-refractivity contribution in [1.82, 2.24) is 0 Å². The van der Waals surface area contributed by atoms with E-state index in [1.807, 2.05) is 0 Å². The zero-order chi connectivity index (χ0) is 11.2. The monoisotopic (exact) mass is 257 g/mol. The van der Waals surface area contributed by atoms with Crippen LogP contribution in [-0.4, -0.2) is 19.8 Å². The molecule has 1 aliphatic rings. The molecule has 1 nitrogen and oxygen atoms in total. The van der Waals surface area contributed by atoms with Gasteiger partial charge in [-0.05, 0) is 12.8 Å². The lowest BCUT2D eigenvalue weighted by Crippen LogP contribution is -3.13. The second-order valence-electron chi connectivity index (χ2n) is 4.66. The van der Waals surface area contributed by atoms with Crippen LogP contribution in [0.5, 0.6) is 0 Å². The lowest BCUT2D eigenvalue weighted by Gasteiger charge is -2.32. The Morgan fingerprint density at radius 3 is 2.65 bits per heavy atom. The molecule has 1 saturated heterocycles. The summed E-state index contributed by atoms with van der Waals surface area (Å²) in [7, 11) is 0. The fourth-order valence-electron chi connectivity index (χ4n) is 2.76. The summed E-state index contributed by atoms with van der Waals surface area (Å²) in [5, 5.41) is 0.